The molecule has 0 saturated carbocycles. The van der Waals surface area contributed by atoms with E-state index in [2.05, 4.69) is 57.9 Å². The number of aromatic carboxylic acids is 1. The molecule has 28 heavy (non-hydrogen) atoms. The van der Waals surface area contributed by atoms with Crippen molar-refractivity contribution in [1.82, 2.24) is 0 Å². The van der Waals surface area contributed by atoms with Gasteiger partial charge in [-0.3, -0.25) is 5.43 Å². The van der Waals surface area contributed by atoms with Crippen LogP contribution in [0.2, 0.25) is 0 Å². The van der Waals surface area contributed by atoms with E-state index < -0.39 is 5.97 Å². The van der Waals surface area contributed by atoms with Crippen LogP contribution in [0.5, 0.6) is 0 Å². The summed E-state index contributed by atoms with van der Waals surface area (Å²) < 4.78 is 1.03. The number of halogens is 2. The number of benzene rings is 3. The number of carboxylic acids is 1. The largest absolute Gasteiger partial charge is 0.478 e. The highest BCUT2D eigenvalue weighted by Gasteiger charge is 2.11. The van der Waals surface area contributed by atoms with Gasteiger partial charge in [-0.15, -0.1) is 5.11 Å². The molecule has 0 amide bonds. The van der Waals surface area contributed by atoms with E-state index in [1.165, 1.54) is 12.1 Å². The Hall–Kier alpha value is -2.91. The lowest BCUT2D eigenvalue weighted by Gasteiger charge is -2.04. The summed E-state index contributed by atoms with van der Waals surface area (Å²) in [5.74, 6) is -1.02. The number of rotatable bonds is 6. The van der Waals surface area contributed by atoms with Crippen molar-refractivity contribution in [2.75, 3.05) is 5.43 Å². The molecule has 0 saturated heterocycles. The smallest absolute Gasteiger partial charge is 0.335 e. The Labute approximate surface area is 177 Å². The van der Waals surface area contributed by atoms with Gasteiger partial charge in [-0.05, 0) is 80.4 Å². The Morgan fingerprint density at radius 1 is 0.821 bits per heavy atom. The molecule has 0 unspecified atom stereocenters. The molecule has 0 aliphatic rings. The Morgan fingerprint density at radius 3 is 1.96 bits per heavy atom. The minimum Gasteiger partial charge on any atom is -0.478 e. The molecule has 0 aromatic heterocycles. The van der Waals surface area contributed by atoms with Gasteiger partial charge in [0.25, 0.3) is 0 Å². The van der Waals surface area contributed by atoms with Crippen LogP contribution in [-0.4, -0.2) is 11.1 Å². The second-order valence-corrected chi connectivity index (χ2v) is 7.20. The maximum atomic E-state index is 11.0. The number of carboxylic acid groups (broad SMARTS) is 1. The number of azo groups is 1. The summed E-state index contributed by atoms with van der Waals surface area (Å²) in [6.07, 6.45) is 0. The van der Waals surface area contributed by atoms with Gasteiger partial charge in [-0.25, -0.2) is 4.79 Å². The molecule has 0 bridgehead atoms. The zero-order valence-electron chi connectivity index (χ0n) is 14.3. The summed E-state index contributed by atoms with van der Waals surface area (Å²) in [4.78, 5) is 11.0. The molecule has 140 valence electrons. The molecule has 7 nitrogen and oxygen atoms in total. The zero-order chi connectivity index (χ0) is 19.9. The average Bonchev–Trinajstić information content (AvgIpc) is 2.70. The molecule has 0 fully saturated rings. The minimum atomic E-state index is -1.02. The van der Waals surface area contributed by atoms with E-state index in [1.807, 2.05) is 30.3 Å². The number of nitrogens with one attached hydrogen (secondary N) is 1. The Kier molecular flexibility index (Phi) is 6.62. The third-order valence-electron chi connectivity index (χ3n) is 3.50. The van der Waals surface area contributed by atoms with Crippen LogP contribution in [-0.2, 0) is 0 Å². The van der Waals surface area contributed by atoms with Crippen LogP contribution in [0.1, 0.15) is 10.4 Å². The van der Waals surface area contributed by atoms with Crippen LogP contribution < -0.4 is 5.43 Å². The van der Waals surface area contributed by atoms with E-state index >= 15 is 0 Å². The first-order chi connectivity index (χ1) is 13.5. The third kappa shape index (κ3) is 5.30. The first-order valence-corrected chi connectivity index (χ1v) is 9.57. The van der Waals surface area contributed by atoms with Crippen molar-refractivity contribution in [2.24, 2.45) is 20.6 Å². The number of hydrogen-bond acceptors (Lipinski definition) is 5. The van der Waals surface area contributed by atoms with Crippen molar-refractivity contribution in [3.63, 3.8) is 0 Å². The van der Waals surface area contributed by atoms with Gasteiger partial charge in [0, 0.05) is 8.95 Å². The molecular formula is C19H13Br2N5O2. The first-order valence-electron chi connectivity index (χ1n) is 7.99. The van der Waals surface area contributed by atoms with Crippen LogP contribution in [0.3, 0.4) is 0 Å². The standard InChI is InChI=1S/C19H13Br2N5O2/c20-16-10-12(19(27)28)11-17(21)18(16)25-26-24-15-8-6-14(7-9-15)23-22-13-4-2-1-3-5-13/h1-11H,(H,24,25)(H,27,28). The molecule has 0 atom stereocenters. The molecule has 2 N–H and O–H groups in total. The van der Waals surface area contributed by atoms with Crippen molar-refractivity contribution in [3.05, 3.63) is 81.2 Å². The molecule has 9 heteroatoms. The molecule has 0 aliphatic carbocycles. The highest BCUT2D eigenvalue weighted by atomic mass is 79.9. The summed E-state index contributed by atoms with van der Waals surface area (Å²) in [6, 6.07) is 19.6. The van der Waals surface area contributed by atoms with Crippen molar-refractivity contribution >= 4 is 60.6 Å². The quantitative estimate of drug-likeness (QED) is 0.270. The fourth-order valence-electron chi connectivity index (χ4n) is 2.13. The summed E-state index contributed by atoms with van der Waals surface area (Å²) in [7, 11) is 0. The Balaban J connectivity index is 1.65. The predicted molar refractivity (Wildman–Crippen MR) is 114 cm³/mol. The number of hydrogen-bond donors (Lipinski definition) is 2. The lowest BCUT2D eigenvalue weighted by molar-refractivity contribution is 0.0696. The average molecular weight is 503 g/mol. The molecule has 3 rings (SSSR count). The maximum Gasteiger partial charge on any atom is 0.335 e. The highest BCUT2D eigenvalue weighted by molar-refractivity contribution is 9.11. The monoisotopic (exact) mass is 501 g/mol. The van der Waals surface area contributed by atoms with E-state index in [9.17, 15) is 4.79 Å². The molecule has 0 spiro atoms. The van der Waals surface area contributed by atoms with E-state index in [4.69, 9.17) is 5.11 Å². The van der Waals surface area contributed by atoms with Crippen LogP contribution in [0.4, 0.5) is 22.7 Å². The van der Waals surface area contributed by atoms with Crippen molar-refractivity contribution in [3.8, 4) is 0 Å². The lowest BCUT2D eigenvalue weighted by atomic mass is 10.2. The van der Waals surface area contributed by atoms with Crippen LogP contribution in [0.25, 0.3) is 0 Å². The van der Waals surface area contributed by atoms with Gasteiger partial charge in [0.05, 0.1) is 22.6 Å². The predicted octanol–water partition coefficient (Wildman–Crippen LogP) is 7.44. The molecule has 3 aromatic carbocycles. The van der Waals surface area contributed by atoms with Gasteiger partial charge < -0.3 is 5.11 Å². The van der Waals surface area contributed by atoms with Gasteiger partial charge in [0.15, 0.2) is 0 Å². The first kappa shape index (κ1) is 19.8. The normalized spacial score (nSPS) is 11.2. The van der Waals surface area contributed by atoms with Crippen LogP contribution >= 0.6 is 31.9 Å². The number of carbonyl (C=O) groups is 1. The second-order valence-electron chi connectivity index (χ2n) is 5.49. The van der Waals surface area contributed by atoms with Crippen LogP contribution in [0.15, 0.2) is 96.2 Å². The van der Waals surface area contributed by atoms with E-state index in [-0.39, 0.29) is 5.56 Å². The second kappa shape index (κ2) is 9.34. The Morgan fingerprint density at radius 2 is 1.39 bits per heavy atom. The summed E-state index contributed by atoms with van der Waals surface area (Å²) in [5, 5.41) is 25.4. The maximum absolute atomic E-state index is 11.0. The third-order valence-corrected chi connectivity index (χ3v) is 4.71. The topological polar surface area (TPSA) is 98.8 Å². The fraction of sp³-hybridized carbons (Fsp3) is 0. The van der Waals surface area contributed by atoms with Crippen molar-refractivity contribution < 1.29 is 9.90 Å². The molecule has 0 heterocycles. The van der Waals surface area contributed by atoms with Gasteiger partial charge in [0.2, 0.25) is 0 Å². The number of nitrogens with zero attached hydrogens (tertiary/aromatic N) is 4. The van der Waals surface area contributed by atoms with Gasteiger partial charge in [-0.2, -0.15) is 10.2 Å². The summed E-state index contributed by atoms with van der Waals surface area (Å²) >= 11 is 6.60. The SMILES string of the molecule is O=C(O)c1cc(Br)c(N=NNc2ccc(N=Nc3ccccc3)cc2)c(Br)c1. The van der Waals surface area contributed by atoms with E-state index in [0.29, 0.717) is 20.3 Å². The van der Waals surface area contributed by atoms with E-state index in [0.717, 1.165) is 11.4 Å². The summed E-state index contributed by atoms with van der Waals surface area (Å²) in [6.45, 7) is 0. The van der Waals surface area contributed by atoms with Crippen LogP contribution in [0, 0.1) is 0 Å². The summed E-state index contributed by atoms with van der Waals surface area (Å²) in [5.41, 5.74) is 5.65. The highest BCUT2D eigenvalue weighted by Crippen LogP contribution is 2.35. The zero-order valence-corrected chi connectivity index (χ0v) is 17.4. The van der Waals surface area contributed by atoms with Gasteiger partial charge >= 0.3 is 5.97 Å². The lowest BCUT2D eigenvalue weighted by Crippen LogP contribution is -1.96. The molecule has 3 aromatic rings. The fourth-order valence-corrected chi connectivity index (χ4v) is 3.48. The minimum absolute atomic E-state index is 0.144. The van der Waals surface area contributed by atoms with Crippen molar-refractivity contribution in [2.45, 2.75) is 0 Å². The molecule has 0 aliphatic heterocycles. The Bertz CT molecular complexity index is 1010. The van der Waals surface area contributed by atoms with Gasteiger partial charge in [0.1, 0.15) is 5.69 Å². The molecule has 0 radical (unpaired) electrons. The van der Waals surface area contributed by atoms with Crippen molar-refractivity contribution in [1.29, 1.82) is 0 Å². The van der Waals surface area contributed by atoms with Gasteiger partial charge in [-0.1, -0.05) is 23.4 Å². The van der Waals surface area contributed by atoms with E-state index in [1.54, 1.807) is 24.3 Å². The molecular weight excluding hydrogens is 490 g/mol. The number of anilines is 1.